The molecule has 1 aliphatic rings. The number of para-hydroxylation sites is 1. The molecular weight excluding hydrogens is 394 g/mol. The zero-order valence-electron chi connectivity index (χ0n) is 17.9. The van der Waals surface area contributed by atoms with Crippen LogP contribution in [0, 0.1) is 6.92 Å². The average Bonchev–Trinajstić information content (AvgIpc) is 3.16. The van der Waals surface area contributed by atoms with Crippen molar-refractivity contribution in [1.29, 1.82) is 0 Å². The SMILES string of the molecule is CCCOc1ccccc1CCCNC(=S)Nc1ccc(N2CCCC2=O)c(C)c1. The summed E-state index contributed by atoms with van der Waals surface area (Å²) in [6.45, 7) is 6.47. The Bertz CT molecular complexity index is 885. The highest BCUT2D eigenvalue weighted by Gasteiger charge is 2.22. The molecule has 1 heterocycles. The Morgan fingerprint density at radius 2 is 2.07 bits per heavy atom. The number of hydrogen-bond acceptors (Lipinski definition) is 3. The van der Waals surface area contributed by atoms with Crippen LogP contribution in [0.2, 0.25) is 0 Å². The van der Waals surface area contributed by atoms with E-state index in [2.05, 4.69) is 29.7 Å². The summed E-state index contributed by atoms with van der Waals surface area (Å²) in [4.78, 5) is 13.9. The minimum absolute atomic E-state index is 0.206. The number of nitrogens with zero attached hydrogens (tertiary/aromatic N) is 1. The Morgan fingerprint density at radius 1 is 1.23 bits per heavy atom. The first-order valence-electron chi connectivity index (χ1n) is 10.7. The van der Waals surface area contributed by atoms with E-state index in [1.807, 2.05) is 42.2 Å². The van der Waals surface area contributed by atoms with Gasteiger partial charge in [0, 0.05) is 30.9 Å². The predicted molar refractivity (Wildman–Crippen MR) is 128 cm³/mol. The maximum atomic E-state index is 12.0. The zero-order chi connectivity index (χ0) is 21.3. The van der Waals surface area contributed by atoms with Gasteiger partial charge in [-0.05, 0) is 80.2 Å². The van der Waals surface area contributed by atoms with Gasteiger partial charge in [-0.3, -0.25) is 4.79 Å². The van der Waals surface area contributed by atoms with E-state index in [-0.39, 0.29) is 5.91 Å². The summed E-state index contributed by atoms with van der Waals surface area (Å²) in [5, 5.41) is 7.12. The number of benzene rings is 2. The lowest BCUT2D eigenvalue weighted by Gasteiger charge is -2.19. The van der Waals surface area contributed by atoms with E-state index in [0.29, 0.717) is 11.5 Å². The molecule has 0 aliphatic carbocycles. The third-order valence-electron chi connectivity index (χ3n) is 5.16. The van der Waals surface area contributed by atoms with Gasteiger partial charge in [0.05, 0.1) is 6.61 Å². The molecule has 1 amide bonds. The number of carbonyl (C=O) groups excluding carboxylic acids is 1. The lowest BCUT2D eigenvalue weighted by Crippen LogP contribution is -2.29. The summed E-state index contributed by atoms with van der Waals surface area (Å²) >= 11 is 5.44. The van der Waals surface area contributed by atoms with Crippen molar-refractivity contribution < 1.29 is 9.53 Å². The Balaban J connectivity index is 1.45. The molecule has 1 fully saturated rings. The standard InChI is InChI=1S/C24H31N3O2S/c1-3-16-29-22-10-5-4-8-19(22)9-6-14-25-24(30)26-20-12-13-21(18(2)17-20)27-15-7-11-23(27)28/h4-5,8,10,12-13,17H,3,6-7,9,11,14-16H2,1-2H3,(H2,25,26,30). The van der Waals surface area contributed by atoms with Crippen molar-refractivity contribution >= 4 is 34.6 Å². The first-order valence-corrected chi connectivity index (χ1v) is 11.2. The monoisotopic (exact) mass is 425 g/mol. The summed E-state index contributed by atoms with van der Waals surface area (Å²) in [5.41, 5.74) is 4.22. The van der Waals surface area contributed by atoms with Gasteiger partial charge in [0.2, 0.25) is 5.91 Å². The van der Waals surface area contributed by atoms with Crippen LogP contribution in [0.1, 0.15) is 43.7 Å². The minimum atomic E-state index is 0.206. The van der Waals surface area contributed by atoms with Crippen LogP contribution in [0.5, 0.6) is 5.75 Å². The first kappa shape index (κ1) is 22.1. The van der Waals surface area contributed by atoms with Crippen molar-refractivity contribution in [3.63, 3.8) is 0 Å². The van der Waals surface area contributed by atoms with Crippen LogP contribution in [0.25, 0.3) is 0 Å². The number of aryl methyl sites for hydroxylation is 2. The number of anilines is 2. The van der Waals surface area contributed by atoms with Gasteiger partial charge in [-0.25, -0.2) is 0 Å². The number of nitrogens with one attached hydrogen (secondary N) is 2. The normalized spacial score (nSPS) is 13.4. The molecule has 6 heteroatoms. The molecule has 0 bridgehead atoms. The molecular formula is C24H31N3O2S. The lowest BCUT2D eigenvalue weighted by atomic mass is 10.1. The smallest absolute Gasteiger partial charge is 0.227 e. The molecule has 0 unspecified atom stereocenters. The number of amides is 1. The van der Waals surface area contributed by atoms with Crippen LogP contribution in [0.3, 0.4) is 0 Å². The molecule has 1 aliphatic heterocycles. The molecule has 0 aromatic heterocycles. The summed E-state index contributed by atoms with van der Waals surface area (Å²) in [6, 6.07) is 14.2. The highest BCUT2D eigenvalue weighted by molar-refractivity contribution is 7.80. The van der Waals surface area contributed by atoms with Crippen molar-refractivity contribution in [2.45, 2.75) is 46.0 Å². The second-order valence-electron chi connectivity index (χ2n) is 7.59. The summed E-state index contributed by atoms with van der Waals surface area (Å²) in [7, 11) is 0. The molecule has 0 spiro atoms. The fraction of sp³-hybridized carbons (Fsp3) is 0.417. The van der Waals surface area contributed by atoms with Gasteiger partial charge >= 0.3 is 0 Å². The van der Waals surface area contributed by atoms with Gasteiger partial charge < -0.3 is 20.3 Å². The van der Waals surface area contributed by atoms with Crippen LogP contribution >= 0.6 is 12.2 Å². The van der Waals surface area contributed by atoms with E-state index < -0.39 is 0 Å². The van der Waals surface area contributed by atoms with Crippen LogP contribution in [-0.2, 0) is 11.2 Å². The summed E-state index contributed by atoms with van der Waals surface area (Å²) in [6.07, 6.45) is 4.48. The highest BCUT2D eigenvalue weighted by Crippen LogP contribution is 2.27. The van der Waals surface area contributed by atoms with Crippen molar-refractivity contribution in [2.75, 3.05) is 29.9 Å². The quantitative estimate of drug-likeness (QED) is 0.445. The molecule has 2 aromatic rings. The summed E-state index contributed by atoms with van der Waals surface area (Å²) in [5.74, 6) is 1.18. The third-order valence-corrected chi connectivity index (χ3v) is 5.41. The molecule has 2 N–H and O–H groups in total. The van der Waals surface area contributed by atoms with Gasteiger partial charge in [0.15, 0.2) is 5.11 Å². The highest BCUT2D eigenvalue weighted by atomic mass is 32.1. The van der Waals surface area contributed by atoms with Crippen LogP contribution in [0.4, 0.5) is 11.4 Å². The molecule has 0 atom stereocenters. The largest absolute Gasteiger partial charge is 0.493 e. The number of hydrogen-bond donors (Lipinski definition) is 2. The van der Waals surface area contributed by atoms with Gasteiger partial charge in [0.25, 0.3) is 0 Å². The second-order valence-corrected chi connectivity index (χ2v) is 8.00. The van der Waals surface area contributed by atoms with Gasteiger partial charge in [-0.2, -0.15) is 0 Å². The van der Waals surface area contributed by atoms with Gasteiger partial charge in [-0.1, -0.05) is 25.1 Å². The molecule has 2 aromatic carbocycles. The van der Waals surface area contributed by atoms with Crippen molar-refractivity contribution in [3.05, 3.63) is 53.6 Å². The Hall–Kier alpha value is -2.60. The molecule has 3 rings (SSSR count). The molecule has 0 saturated carbocycles. The van der Waals surface area contributed by atoms with E-state index in [4.69, 9.17) is 17.0 Å². The Morgan fingerprint density at radius 3 is 2.80 bits per heavy atom. The van der Waals surface area contributed by atoms with Crippen molar-refractivity contribution in [1.82, 2.24) is 5.32 Å². The second kappa shape index (κ2) is 11.0. The summed E-state index contributed by atoms with van der Waals surface area (Å²) < 4.78 is 5.82. The third kappa shape index (κ3) is 5.95. The molecule has 1 saturated heterocycles. The first-order chi connectivity index (χ1) is 14.6. The Labute approximate surface area is 184 Å². The predicted octanol–water partition coefficient (Wildman–Crippen LogP) is 4.83. The van der Waals surface area contributed by atoms with E-state index >= 15 is 0 Å². The van der Waals surface area contributed by atoms with E-state index in [9.17, 15) is 4.79 Å². The number of thiocarbonyl (C=S) groups is 1. The number of ether oxygens (including phenoxy) is 1. The van der Waals surface area contributed by atoms with Gasteiger partial charge in [0.1, 0.15) is 5.75 Å². The van der Waals surface area contributed by atoms with Crippen LogP contribution < -0.4 is 20.3 Å². The fourth-order valence-electron chi connectivity index (χ4n) is 3.66. The molecule has 0 radical (unpaired) electrons. The molecule has 5 nitrogen and oxygen atoms in total. The topological polar surface area (TPSA) is 53.6 Å². The van der Waals surface area contributed by atoms with Crippen LogP contribution in [0.15, 0.2) is 42.5 Å². The maximum Gasteiger partial charge on any atom is 0.227 e. The number of rotatable bonds is 9. The molecule has 30 heavy (non-hydrogen) atoms. The van der Waals surface area contributed by atoms with E-state index in [0.717, 1.165) is 68.1 Å². The van der Waals surface area contributed by atoms with Crippen LogP contribution in [-0.4, -0.2) is 30.7 Å². The average molecular weight is 426 g/mol. The van der Waals surface area contributed by atoms with Crippen molar-refractivity contribution in [3.8, 4) is 5.75 Å². The molecule has 160 valence electrons. The Kier molecular flexibility index (Phi) is 8.08. The van der Waals surface area contributed by atoms with E-state index in [1.165, 1.54) is 5.56 Å². The van der Waals surface area contributed by atoms with Gasteiger partial charge in [-0.15, -0.1) is 0 Å². The van der Waals surface area contributed by atoms with Crippen molar-refractivity contribution in [2.24, 2.45) is 0 Å². The number of carbonyl (C=O) groups is 1. The fourth-order valence-corrected chi connectivity index (χ4v) is 3.88. The maximum absolute atomic E-state index is 12.0. The lowest BCUT2D eigenvalue weighted by molar-refractivity contribution is -0.117. The zero-order valence-corrected chi connectivity index (χ0v) is 18.7. The van der Waals surface area contributed by atoms with E-state index in [1.54, 1.807) is 0 Å². The minimum Gasteiger partial charge on any atom is -0.493 e.